The molecule has 102 valence electrons. The van der Waals surface area contributed by atoms with E-state index in [1.165, 1.54) is 0 Å². The summed E-state index contributed by atoms with van der Waals surface area (Å²) in [5.41, 5.74) is 0. The average Bonchev–Trinajstić information content (AvgIpc) is 2.34. The molecule has 2 aliphatic rings. The van der Waals surface area contributed by atoms with Crippen LogP contribution in [-0.4, -0.2) is 42.0 Å². The van der Waals surface area contributed by atoms with E-state index in [0.29, 0.717) is 24.9 Å². The van der Waals surface area contributed by atoms with Crippen molar-refractivity contribution < 1.29 is 4.79 Å². The first-order valence-electron chi connectivity index (χ1n) is 7.05. The molecule has 2 rings (SSSR count). The highest BCUT2D eigenvalue weighted by Gasteiger charge is 2.35. The second-order valence-electron chi connectivity index (χ2n) is 5.20. The second kappa shape index (κ2) is 6.63. The predicted molar refractivity (Wildman–Crippen MR) is 71.9 cm³/mol. The van der Waals surface area contributed by atoms with Gasteiger partial charge < -0.3 is 9.80 Å². The molecule has 0 aliphatic carbocycles. The summed E-state index contributed by atoms with van der Waals surface area (Å²) in [5, 5.41) is 8.67. The molecule has 4 nitrogen and oxygen atoms in total. The third-order valence-electron chi connectivity index (χ3n) is 3.94. The fourth-order valence-electron chi connectivity index (χ4n) is 2.35. The lowest BCUT2D eigenvalue weighted by molar-refractivity contribution is 0.0831. The van der Waals surface area contributed by atoms with Gasteiger partial charge in [-0.15, -0.1) is 0 Å². The van der Waals surface area contributed by atoms with Crippen molar-refractivity contribution in [1.82, 2.24) is 9.80 Å². The van der Waals surface area contributed by atoms with Crippen LogP contribution in [0.15, 0.2) is 0 Å². The fourth-order valence-corrected chi connectivity index (χ4v) is 2.35. The van der Waals surface area contributed by atoms with Gasteiger partial charge in [-0.05, 0) is 18.3 Å². The van der Waals surface area contributed by atoms with Gasteiger partial charge >= 0.3 is 6.03 Å². The molecule has 2 fully saturated rings. The Labute approximate surface area is 111 Å². The van der Waals surface area contributed by atoms with Gasteiger partial charge in [0.05, 0.1) is 12.0 Å². The van der Waals surface area contributed by atoms with Crippen molar-refractivity contribution in [3.05, 3.63) is 0 Å². The number of urea groups is 1. The summed E-state index contributed by atoms with van der Waals surface area (Å²) in [6, 6.07) is 2.32. The van der Waals surface area contributed by atoms with Gasteiger partial charge in [-0.1, -0.05) is 27.7 Å². The largest absolute Gasteiger partial charge is 0.324 e. The van der Waals surface area contributed by atoms with Crippen LogP contribution in [0.2, 0.25) is 0 Å². The average molecular weight is 251 g/mol. The lowest BCUT2D eigenvalue weighted by atomic mass is 9.89. The molecule has 2 unspecified atom stereocenters. The zero-order valence-electron chi connectivity index (χ0n) is 12.0. The number of rotatable bonds is 0. The van der Waals surface area contributed by atoms with Gasteiger partial charge in [0.25, 0.3) is 0 Å². The number of carbonyl (C=O) groups is 1. The molecule has 2 saturated heterocycles. The predicted octanol–water partition coefficient (Wildman–Crippen LogP) is 2.57. The Kier molecular flexibility index (Phi) is 5.46. The van der Waals surface area contributed by atoms with Crippen molar-refractivity contribution in [2.24, 2.45) is 17.8 Å². The SMILES string of the molecule is CC.CC1CCN(C(=O)N2CC(C#N)C2)CC1C. The zero-order chi connectivity index (χ0) is 13.7. The van der Waals surface area contributed by atoms with Crippen molar-refractivity contribution in [2.45, 2.75) is 34.1 Å². The molecule has 0 N–H and O–H groups in total. The Bertz CT molecular complexity index is 317. The maximum Gasteiger partial charge on any atom is 0.320 e. The van der Waals surface area contributed by atoms with Crippen LogP contribution >= 0.6 is 0 Å². The maximum absolute atomic E-state index is 12.0. The van der Waals surface area contributed by atoms with Crippen LogP contribution in [0.25, 0.3) is 0 Å². The Morgan fingerprint density at radius 1 is 1.11 bits per heavy atom. The van der Waals surface area contributed by atoms with E-state index in [9.17, 15) is 4.79 Å². The van der Waals surface area contributed by atoms with E-state index in [4.69, 9.17) is 5.26 Å². The number of nitriles is 1. The Balaban J connectivity index is 0.000000771. The third-order valence-corrected chi connectivity index (χ3v) is 3.94. The highest BCUT2D eigenvalue weighted by Crippen LogP contribution is 2.25. The van der Waals surface area contributed by atoms with Crippen LogP contribution < -0.4 is 0 Å². The summed E-state index contributed by atoms with van der Waals surface area (Å²) < 4.78 is 0. The Hall–Kier alpha value is -1.24. The minimum absolute atomic E-state index is 0.0603. The Morgan fingerprint density at radius 3 is 2.22 bits per heavy atom. The molecule has 4 heteroatoms. The number of nitrogens with zero attached hydrogens (tertiary/aromatic N) is 3. The van der Waals surface area contributed by atoms with E-state index in [-0.39, 0.29) is 11.9 Å². The van der Waals surface area contributed by atoms with E-state index >= 15 is 0 Å². The molecule has 0 aromatic heterocycles. The van der Waals surface area contributed by atoms with Gasteiger partial charge in [0.15, 0.2) is 0 Å². The van der Waals surface area contributed by atoms with Gasteiger partial charge in [0.2, 0.25) is 0 Å². The lowest BCUT2D eigenvalue weighted by Gasteiger charge is -2.42. The van der Waals surface area contributed by atoms with E-state index < -0.39 is 0 Å². The molecule has 2 heterocycles. The van der Waals surface area contributed by atoms with E-state index in [2.05, 4.69) is 19.9 Å². The van der Waals surface area contributed by atoms with Crippen molar-refractivity contribution in [2.75, 3.05) is 26.2 Å². The van der Waals surface area contributed by atoms with E-state index in [1.807, 2.05) is 18.7 Å². The van der Waals surface area contributed by atoms with E-state index in [0.717, 1.165) is 19.5 Å². The number of likely N-dealkylation sites (tertiary alicyclic amines) is 2. The monoisotopic (exact) mass is 251 g/mol. The van der Waals surface area contributed by atoms with Gasteiger partial charge in [-0.25, -0.2) is 4.79 Å². The molecule has 2 aliphatic heterocycles. The molecule has 0 radical (unpaired) electrons. The number of hydrogen-bond acceptors (Lipinski definition) is 2. The first-order chi connectivity index (χ1) is 8.61. The van der Waals surface area contributed by atoms with Crippen molar-refractivity contribution >= 4 is 6.03 Å². The summed E-state index contributed by atoms with van der Waals surface area (Å²) in [4.78, 5) is 15.8. The van der Waals surface area contributed by atoms with Crippen molar-refractivity contribution in [3.8, 4) is 6.07 Å². The summed E-state index contributed by atoms with van der Waals surface area (Å²) >= 11 is 0. The number of amides is 2. The Morgan fingerprint density at radius 2 is 1.72 bits per heavy atom. The molecule has 0 aromatic rings. The summed E-state index contributed by atoms with van der Waals surface area (Å²) in [5.74, 6) is 1.36. The highest BCUT2D eigenvalue weighted by atomic mass is 16.2. The second-order valence-corrected chi connectivity index (χ2v) is 5.20. The smallest absolute Gasteiger partial charge is 0.320 e. The molecular formula is C14H25N3O. The van der Waals surface area contributed by atoms with Gasteiger partial charge in [0.1, 0.15) is 0 Å². The third kappa shape index (κ3) is 3.16. The molecule has 0 spiro atoms. The molecule has 18 heavy (non-hydrogen) atoms. The van der Waals surface area contributed by atoms with Gasteiger partial charge in [-0.2, -0.15) is 5.26 Å². The van der Waals surface area contributed by atoms with Crippen LogP contribution in [0.4, 0.5) is 4.79 Å². The summed E-state index contributed by atoms with van der Waals surface area (Å²) in [6.07, 6.45) is 1.10. The van der Waals surface area contributed by atoms with Gasteiger partial charge in [-0.3, -0.25) is 0 Å². The fraction of sp³-hybridized carbons (Fsp3) is 0.857. The van der Waals surface area contributed by atoms with Crippen LogP contribution in [0.3, 0.4) is 0 Å². The molecule has 2 atom stereocenters. The minimum atomic E-state index is 0.0603. The van der Waals surface area contributed by atoms with Crippen molar-refractivity contribution in [1.29, 1.82) is 5.26 Å². The molecule has 0 aromatic carbocycles. The number of carbonyl (C=O) groups excluding carboxylic acids is 1. The standard InChI is InChI=1S/C12H19N3O.C2H6/c1-9-3-4-14(6-10(9)2)12(16)15-7-11(5-13)8-15;1-2/h9-11H,3-4,6-8H2,1-2H3;1-2H3. The topological polar surface area (TPSA) is 47.3 Å². The number of hydrogen-bond donors (Lipinski definition) is 0. The lowest BCUT2D eigenvalue weighted by Crippen LogP contribution is -2.56. The zero-order valence-corrected chi connectivity index (χ0v) is 12.0. The normalized spacial score (nSPS) is 27.7. The van der Waals surface area contributed by atoms with E-state index in [1.54, 1.807) is 4.90 Å². The first kappa shape index (κ1) is 14.8. The summed E-state index contributed by atoms with van der Waals surface area (Å²) in [6.45, 7) is 11.4. The quantitative estimate of drug-likeness (QED) is 0.664. The van der Waals surface area contributed by atoms with Crippen LogP contribution in [0.5, 0.6) is 0 Å². The highest BCUT2D eigenvalue weighted by molar-refractivity contribution is 5.75. The maximum atomic E-state index is 12.0. The van der Waals surface area contributed by atoms with Crippen LogP contribution in [-0.2, 0) is 0 Å². The first-order valence-corrected chi connectivity index (χ1v) is 7.05. The van der Waals surface area contributed by atoms with Gasteiger partial charge in [0, 0.05) is 26.2 Å². The van der Waals surface area contributed by atoms with Crippen molar-refractivity contribution in [3.63, 3.8) is 0 Å². The van der Waals surface area contributed by atoms with Crippen LogP contribution in [0.1, 0.15) is 34.1 Å². The summed E-state index contributed by atoms with van der Waals surface area (Å²) in [7, 11) is 0. The van der Waals surface area contributed by atoms with Crippen LogP contribution in [0, 0.1) is 29.1 Å². The molecule has 2 amide bonds. The minimum Gasteiger partial charge on any atom is -0.324 e. The molecule has 0 bridgehead atoms. The number of piperidine rings is 1. The molecule has 0 saturated carbocycles. The molecular weight excluding hydrogens is 226 g/mol.